The second kappa shape index (κ2) is 8.05. The number of fused-ring (bicyclic) bond motifs is 3. The van der Waals surface area contributed by atoms with Gasteiger partial charge in [0.2, 0.25) is 0 Å². The van der Waals surface area contributed by atoms with Crippen molar-refractivity contribution in [2.24, 2.45) is 28.6 Å². The van der Waals surface area contributed by atoms with Crippen molar-refractivity contribution in [1.82, 2.24) is 0 Å². The van der Waals surface area contributed by atoms with E-state index in [2.05, 4.69) is 0 Å². The molecule has 0 amide bonds. The van der Waals surface area contributed by atoms with Gasteiger partial charge in [0.05, 0.1) is 31.0 Å². The third-order valence-electron chi connectivity index (χ3n) is 7.90. The number of ether oxygens (including phenoxy) is 3. The van der Waals surface area contributed by atoms with Crippen molar-refractivity contribution >= 4 is 23.7 Å². The summed E-state index contributed by atoms with van der Waals surface area (Å²) in [6.07, 6.45) is 3.00. The number of hydrogen-bond donors (Lipinski definition) is 0. The van der Waals surface area contributed by atoms with Crippen LogP contribution in [0.1, 0.15) is 65.0 Å². The molecule has 0 spiro atoms. The van der Waals surface area contributed by atoms with Gasteiger partial charge in [0.25, 0.3) is 0 Å². The molecule has 3 fully saturated rings. The van der Waals surface area contributed by atoms with Crippen molar-refractivity contribution in [1.29, 1.82) is 0 Å². The van der Waals surface area contributed by atoms with Gasteiger partial charge in [0.1, 0.15) is 6.10 Å². The summed E-state index contributed by atoms with van der Waals surface area (Å²) >= 11 is 0. The fraction of sp³-hybridized carbons (Fsp3) is 0.667. The average Bonchev–Trinajstić information content (AvgIpc) is 3.24. The number of carbonyl (C=O) groups is 4. The molecule has 0 bridgehead atoms. The monoisotopic (exact) mass is 446 g/mol. The van der Waals surface area contributed by atoms with Crippen molar-refractivity contribution in [2.45, 2.75) is 65.6 Å². The van der Waals surface area contributed by atoms with Gasteiger partial charge < -0.3 is 18.6 Å². The smallest absolute Gasteiger partial charge is 0.310 e. The molecular weight excluding hydrogens is 416 g/mol. The maximum atomic E-state index is 13.8. The Morgan fingerprint density at radius 3 is 2.59 bits per heavy atom. The van der Waals surface area contributed by atoms with Crippen LogP contribution in [0.5, 0.6) is 0 Å². The van der Waals surface area contributed by atoms with Gasteiger partial charge in [0.15, 0.2) is 11.9 Å². The lowest BCUT2D eigenvalue weighted by Gasteiger charge is -2.61. The minimum absolute atomic E-state index is 0.0978. The van der Waals surface area contributed by atoms with Gasteiger partial charge in [-0.3, -0.25) is 19.2 Å². The first kappa shape index (κ1) is 22.6. The van der Waals surface area contributed by atoms with Crippen LogP contribution in [0.2, 0.25) is 0 Å². The lowest BCUT2D eigenvalue weighted by atomic mass is 9.43. The third kappa shape index (κ3) is 3.44. The summed E-state index contributed by atoms with van der Waals surface area (Å²) in [6.45, 7) is 7.08. The molecule has 0 aromatic carbocycles. The van der Waals surface area contributed by atoms with Gasteiger partial charge in [-0.25, -0.2) is 0 Å². The molecule has 2 heterocycles. The number of hydrogen-bond acceptors (Lipinski definition) is 8. The zero-order valence-corrected chi connectivity index (χ0v) is 18.9. The second-order valence-corrected chi connectivity index (χ2v) is 9.76. The highest BCUT2D eigenvalue weighted by Gasteiger charge is 2.67. The molecule has 2 saturated carbocycles. The molecule has 2 aliphatic carbocycles. The maximum absolute atomic E-state index is 13.8. The molecule has 8 nitrogen and oxygen atoms in total. The lowest BCUT2D eigenvalue weighted by molar-refractivity contribution is -0.210. The van der Waals surface area contributed by atoms with Crippen molar-refractivity contribution in [3.63, 3.8) is 0 Å². The zero-order valence-electron chi connectivity index (χ0n) is 18.9. The number of furan rings is 1. The first-order valence-electron chi connectivity index (χ1n) is 11.2. The standard InChI is InChI=1S/C24H30O8/c1-5-30-21(27)16-10-17(31-13(2)25)19(26)20-23(16,3)8-6-15-22(28)32-18(11-24(15,20)4)14-7-9-29-12-14/h7,9,12,15-18,20H,5-6,8,10-11H2,1-4H3/t15-,16+,17+,18+,20+,23+,24+/m1/s1. The van der Waals surface area contributed by atoms with Crippen LogP contribution < -0.4 is 0 Å². The summed E-state index contributed by atoms with van der Waals surface area (Å²) in [5, 5.41) is 0. The summed E-state index contributed by atoms with van der Waals surface area (Å²) < 4.78 is 21.6. The molecule has 8 heteroatoms. The molecule has 1 saturated heterocycles. The first-order chi connectivity index (χ1) is 15.1. The molecule has 0 unspecified atom stereocenters. The minimum Gasteiger partial charge on any atom is -0.472 e. The third-order valence-corrected chi connectivity index (χ3v) is 7.90. The quantitative estimate of drug-likeness (QED) is 0.511. The molecule has 32 heavy (non-hydrogen) atoms. The van der Waals surface area contributed by atoms with Gasteiger partial charge in [-0.05, 0) is 43.1 Å². The van der Waals surface area contributed by atoms with Crippen LogP contribution in [0, 0.1) is 28.6 Å². The van der Waals surface area contributed by atoms with E-state index in [-0.39, 0.29) is 24.8 Å². The van der Waals surface area contributed by atoms with E-state index in [4.69, 9.17) is 18.6 Å². The Balaban J connectivity index is 1.78. The molecule has 174 valence electrons. The summed E-state index contributed by atoms with van der Waals surface area (Å²) in [6, 6.07) is 1.75. The van der Waals surface area contributed by atoms with E-state index in [0.717, 1.165) is 5.56 Å². The molecule has 0 radical (unpaired) electrons. The normalized spacial score (nSPS) is 38.8. The Morgan fingerprint density at radius 1 is 1.22 bits per heavy atom. The van der Waals surface area contributed by atoms with Crippen LogP contribution in [0.25, 0.3) is 0 Å². The number of esters is 3. The topological polar surface area (TPSA) is 109 Å². The van der Waals surface area contributed by atoms with E-state index in [9.17, 15) is 19.2 Å². The van der Waals surface area contributed by atoms with Crippen molar-refractivity contribution in [3.05, 3.63) is 24.2 Å². The van der Waals surface area contributed by atoms with Gasteiger partial charge in [0, 0.05) is 24.8 Å². The van der Waals surface area contributed by atoms with Crippen LogP contribution in [0.3, 0.4) is 0 Å². The highest BCUT2D eigenvalue weighted by Crippen LogP contribution is 2.65. The van der Waals surface area contributed by atoms with Crippen LogP contribution in [-0.4, -0.2) is 36.4 Å². The van der Waals surface area contributed by atoms with E-state index >= 15 is 0 Å². The van der Waals surface area contributed by atoms with E-state index < -0.39 is 52.7 Å². The molecular formula is C24H30O8. The highest BCUT2D eigenvalue weighted by molar-refractivity contribution is 5.93. The predicted octanol–water partition coefficient (Wildman–Crippen LogP) is 3.39. The molecule has 3 aliphatic rings. The Labute approximate surface area is 186 Å². The number of cyclic esters (lactones) is 1. The maximum Gasteiger partial charge on any atom is 0.310 e. The van der Waals surface area contributed by atoms with Crippen LogP contribution in [0.4, 0.5) is 0 Å². The molecule has 4 rings (SSSR count). The SMILES string of the molecule is CCOC(=O)[C@@H]1C[C@H](OC(C)=O)C(=O)[C@@H]2[C@@]3(C)C[C@@H](c4ccoc4)OC(=O)[C@H]3CC[C@]21C. The summed E-state index contributed by atoms with van der Waals surface area (Å²) in [7, 11) is 0. The van der Waals surface area contributed by atoms with Crippen molar-refractivity contribution in [2.75, 3.05) is 6.61 Å². The molecule has 0 N–H and O–H groups in total. The van der Waals surface area contributed by atoms with E-state index in [0.29, 0.717) is 19.3 Å². The summed E-state index contributed by atoms with van der Waals surface area (Å²) in [4.78, 5) is 51.6. The first-order valence-corrected chi connectivity index (χ1v) is 11.2. The number of ketones is 1. The van der Waals surface area contributed by atoms with Crippen LogP contribution in [-0.2, 0) is 33.4 Å². The average molecular weight is 446 g/mol. The molecule has 1 aromatic rings. The van der Waals surface area contributed by atoms with Gasteiger partial charge in [-0.15, -0.1) is 0 Å². The Kier molecular flexibility index (Phi) is 5.67. The van der Waals surface area contributed by atoms with Crippen molar-refractivity contribution in [3.8, 4) is 0 Å². The van der Waals surface area contributed by atoms with E-state index in [1.807, 2.05) is 13.8 Å². The molecule has 1 aromatic heterocycles. The fourth-order valence-corrected chi connectivity index (χ4v) is 6.56. The number of rotatable bonds is 4. The lowest BCUT2D eigenvalue weighted by Crippen LogP contribution is -2.64. The zero-order chi connectivity index (χ0) is 23.3. The minimum atomic E-state index is -1.04. The summed E-state index contributed by atoms with van der Waals surface area (Å²) in [5.41, 5.74) is -0.763. The number of Topliss-reactive ketones (excluding diaryl/α,β-unsaturated/α-hetero) is 1. The highest BCUT2D eigenvalue weighted by atomic mass is 16.6. The Morgan fingerprint density at radius 2 is 1.97 bits per heavy atom. The second-order valence-electron chi connectivity index (χ2n) is 9.76. The van der Waals surface area contributed by atoms with Crippen LogP contribution >= 0.6 is 0 Å². The van der Waals surface area contributed by atoms with Gasteiger partial charge in [-0.1, -0.05) is 13.8 Å². The fourth-order valence-electron chi connectivity index (χ4n) is 6.56. The predicted molar refractivity (Wildman–Crippen MR) is 110 cm³/mol. The number of carbonyl (C=O) groups excluding carboxylic acids is 4. The Hall–Kier alpha value is -2.64. The largest absolute Gasteiger partial charge is 0.472 e. The summed E-state index contributed by atoms with van der Waals surface area (Å²) in [5.74, 6) is -3.30. The van der Waals surface area contributed by atoms with Crippen molar-refractivity contribution < 1.29 is 37.8 Å². The van der Waals surface area contributed by atoms with Gasteiger partial charge in [-0.2, -0.15) is 0 Å². The van der Waals surface area contributed by atoms with E-state index in [1.54, 1.807) is 13.0 Å². The van der Waals surface area contributed by atoms with Crippen LogP contribution in [0.15, 0.2) is 23.0 Å². The van der Waals surface area contributed by atoms with Gasteiger partial charge >= 0.3 is 17.9 Å². The Bertz CT molecular complexity index is 920. The van der Waals surface area contributed by atoms with E-state index in [1.165, 1.54) is 19.5 Å². The molecule has 1 aliphatic heterocycles. The molecule has 7 atom stereocenters.